The summed E-state index contributed by atoms with van der Waals surface area (Å²) in [5.74, 6) is 2.19. The Kier molecular flexibility index (Phi) is 6.56. The van der Waals surface area contributed by atoms with E-state index in [9.17, 15) is 9.59 Å². The first-order valence-electron chi connectivity index (χ1n) is 17.5. The summed E-state index contributed by atoms with van der Waals surface area (Å²) in [7, 11) is 0. The average Bonchev–Trinajstić information content (AvgIpc) is 3.83. The fourth-order valence-electron chi connectivity index (χ4n) is 11.1. The van der Waals surface area contributed by atoms with Gasteiger partial charge in [0.1, 0.15) is 17.3 Å². The predicted molar refractivity (Wildman–Crippen MR) is 169 cm³/mol. The summed E-state index contributed by atoms with van der Waals surface area (Å²) in [5.41, 5.74) is 10.9. The molecular weight excluding hydrogens is 548 g/mol. The fraction of sp³-hybridized carbons (Fsp3) is 0.605. The zero-order chi connectivity index (χ0) is 30.3. The number of nitrogens with two attached hydrogens (primary N) is 1. The maximum absolute atomic E-state index is 14.3. The third kappa shape index (κ3) is 3.75. The molecule has 4 atom stereocenters. The number of rotatable bonds is 6. The van der Waals surface area contributed by atoms with Gasteiger partial charge in [-0.2, -0.15) is 0 Å². The van der Waals surface area contributed by atoms with Gasteiger partial charge in [0.25, 0.3) is 0 Å². The molecule has 6 aliphatic carbocycles. The topological polar surface area (TPSA) is 91.5 Å². The number of ether oxygens (including phenoxy) is 2. The Morgan fingerprint density at radius 2 is 1.77 bits per heavy atom. The Balaban J connectivity index is 1.35. The second kappa shape index (κ2) is 10.2. The lowest BCUT2D eigenvalue weighted by molar-refractivity contribution is -0.135. The molecule has 3 heterocycles. The number of fused-ring (bicyclic) bond motifs is 1. The van der Waals surface area contributed by atoms with Crippen molar-refractivity contribution in [2.45, 2.75) is 116 Å². The molecule has 0 radical (unpaired) electrons. The van der Waals surface area contributed by atoms with E-state index >= 15 is 0 Å². The minimum absolute atomic E-state index is 0.0844. The van der Waals surface area contributed by atoms with Crippen molar-refractivity contribution in [3.8, 4) is 0 Å². The van der Waals surface area contributed by atoms with Crippen LogP contribution in [-0.4, -0.2) is 16.9 Å². The zero-order valence-corrected chi connectivity index (χ0v) is 26.4. The van der Waals surface area contributed by atoms with Crippen molar-refractivity contribution < 1.29 is 19.1 Å². The van der Waals surface area contributed by atoms with Crippen molar-refractivity contribution in [3.63, 3.8) is 0 Å². The molecular formula is C38H46N2O4. The SMILES string of the molecule is CCC/C=C1\OC(=O)C2=C(C3(c4ccnc(N)c4)CCCC3)[C@H]3CC[C@]21[C@H]1C2=C(CC[C@@H]31)C(=CC1(CC)CCCC1)OC2=O. The van der Waals surface area contributed by atoms with Crippen LogP contribution in [0.3, 0.4) is 0 Å². The van der Waals surface area contributed by atoms with E-state index in [1.165, 1.54) is 24.0 Å². The number of hydrogen-bond donors (Lipinski definition) is 1. The largest absolute Gasteiger partial charge is 0.427 e. The number of pyridine rings is 1. The molecule has 0 aromatic carbocycles. The van der Waals surface area contributed by atoms with Crippen LogP contribution in [0.4, 0.5) is 5.82 Å². The van der Waals surface area contributed by atoms with Gasteiger partial charge in [-0.05, 0) is 117 Å². The average molecular weight is 595 g/mol. The van der Waals surface area contributed by atoms with Gasteiger partial charge >= 0.3 is 11.9 Å². The van der Waals surface area contributed by atoms with Crippen molar-refractivity contribution in [2.75, 3.05) is 5.73 Å². The number of aromatic nitrogens is 1. The molecule has 2 bridgehead atoms. The highest BCUT2D eigenvalue weighted by atomic mass is 16.5. The van der Waals surface area contributed by atoms with Gasteiger partial charge in [-0.25, -0.2) is 14.6 Å². The van der Waals surface area contributed by atoms with Crippen LogP contribution in [0.15, 0.2) is 64.3 Å². The van der Waals surface area contributed by atoms with Crippen molar-refractivity contribution in [2.24, 2.45) is 28.6 Å². The van der Waals surface area contributed by atoms with Crippen molar-refractivity contribution >= 4 is 17.8 Å². The first-order valence-corrected chi connectivity index (χ1v) is 17.5. The van der Waals surface area contributed by atoms with Gasteiger partial charge in [0, 0.05) is 28.7 Å². The van der Waals surface area contributed by atoms with Gasteiger partial charge in [-0.1, -0.05) is 46.0 Å². The number of hydrogen-bond acceptors (Lipinski definition) is 6. The highest BCUT2D eigenvalue weighted by Crippen LogP contribution is 2.73. The molecule has 6 nitrogen and oxygen atoms in total. The molecule has 1 aromatic heterocycles. The fourth-order valence-corrected chi connectivity index (χ4v) is 11.1. The van der Waals surface area contributed by atoms with Gasteiger partial charge in [-0.15, -0.1) is 0 Å². The van der Waals surface area contributed by atoms with E-state index in [0.717, 1.165) is 112 Å². The minimum atomic E-state index is -0.611. The number of unbranched alkanes of at least 4 members (excludes halogenated alkanes) is 1. The Hall–Kier alpha value is -3.15. The zero-order valence-electron chi connectivity index (χ0n) is 26.4. The van der Waals surface area contributed by atoms with Crippen molar-refractivity contribution in [1.82, 2.24) is 4.98 Å². The second-order valence-corrected chi connectivity index (χ2v) is 14.8. The van der Waals surface area contributed by atoms with Gasteiger partial charge in [0.05, 0.1) is 11.0 Å². The van der Waals surface area contributed by atoms with E-state index in [-0.39, 0.29) is 40.5 Å². The Morgan fingerprint density at radius 3 is 2.50 bits per heavy atom. The first kappa shape index (κ1) is 28.3. The van der Waals surface area contributed by atoms with E-state index < -0.39 is 5.41 Å². The van der Waals surface area contributed by atoms with Crippen molar-refractivity contribution in [3.05, 3.63) is 69.9 Å². The number of cyclic esters (lactones) is 2. The Labute approximate surface area is 261 Å². The summed E-state index contributed by atoms with van der Waals surface area (Å²) in [6.07, 6.45) is 22.0. The van der Waals surface area contributed by atoms with Gasteiger partial charge in [0.2, 0.25) is 0 Å². The molecule has 8 aliphatic rings. The van der Waals surface area contributed by atoms with Crippen LogP contribution in [0.1, 0.15) is 116 Å². The summed E-state index contributed by atoms with van der Waals surface area (Å²) in [5, 5.41) is 0. The predicted octanol–water partition coefficient (Wildman–Crippen LogP) is 8.16. The van der Waals surface area contributed by atoms with E-state index in [4.69, 9.17) is 15.2 Å². The molecule has 1 spiro atoms. The monoisotopic (exact) mass is 594 g/mol. The van der Waals surface area contributed by atoms with Gasteiger partial charge in [0.15, 0.2) is 0 Å². The summed E-state index contributed by atoms with van der Waals surface area (Å²) in [4.78, 5) is 32.7. The molecule has 9 rings (SSSR count). The normalized spacial score (nSPS) is 34.9. The van der Waals surface area contributed by atoms with E-state index in [0.29, 0.717) is 5.82 Å². The Morgan fingerprint density at radius 1 is 1.00 bits per heavy atom. The molecule has 3 saturated carbocycles. The quantitative estimate of drug-likeness (QED) is 0.334. The minimum Gasteiger partial charge on any atom is -0.427 e. The summed E-state index contributed by atoms with van der Waals surface area (Å²) < 4.78 is 12.6. The van der Waals surface area contributed by atoms with Crippen LogP contribution in [0.2, 0.25) is 0 Å². The third-order valence-corrected chi connectivity index (χ3v) is 13.0. The van der Waals surface area contributed by atoms with E-state index in [2.05, 4.69) is 37.0 Å². The smallest absolute Gasteiger partial charge is 0.340 e. The lowest BCUT2D eigenvalue weighted by Gasteiger charge is -2.59. The van der Waals surface area contributed by atoms with E-state index in [1.54, 1.807) is 0 Å². The first-order chi connectivity index (χ1) is 21.4. The van der Waals surface area contributed by atoms with Crippen LogP contribution in [-0.2, 0) is 24.5 Å². The molecule has 1 aromatic rings. The highest BCUT2D eigenvalue weighted by Gasteiger charge is 2.70. The molecule has 0 unspecified atom stereocenters. The van der Waals surface area contributed by atoms with Crippen LogP contribution in [0.5, 0.6) is 0 Å². The number of carbonyl (C=O) groups excluding carboxylic acids is 2. The summed E-state index contributed by atoms with van der Waals surface area (Å²) in [6, 6.07) is 4.16. The van der Waals surface area contributed by atoms with Gasteiger partial charge in [-0.3, -0.25) is 0 Å². The van der Waals surface area contributed by atoms with Crippen LogP contribution < -0.4 is 5.73 Å². The van der Waals surface area contributed by atoms with Crippen LogP contribution >= 0.6 is 0 Å². The van der Waals surface area contributed by atoms with Crippen molar-refractivity contribution in [1.29, 1.82) is 0 Å². The summed E-state index contributed by atoms with van der Waals surface area (Å²) >= 11 is 0. The molecule has 1 saturated heterocycles. The maximum Gasteiger partial charge on any atom is 0.340 e. The molecule has 4 fully saturated rings. The number of anilines is 1. The highest BCUT2D eigenvalue weighted by molar-refractivity contribution is 6.01. The van der Waals surface area contributed by atoms with Crippen LogP contribution in [0, 0.1) is 28.6 Å². The molecule has 44 heavy (non-hydrogen) atoms. The second-order valence-electron chi connectivity index (χ2n) is 14.8. The summed E-state index contributed by atoms with van der Waals surface area (Å²) in [6.45, 7) is 4.43. The number of allylic oxidation sites excluding steroid dienone is 5. The third-order valence-electron chi connectivity index (χ3n) is 13.0. The Bertz CT molecular complexity index is 1550. The molecule has 232 valence electrons. The molecule has 0 amide bonds. The lowest BCUT2D eigenvalue weighted by Crippen LogP contribution is -2.55. The molecule has 2 N–H and O–H groups in total. The maximum atomic E-state index is 14.3. The number of esters is 2. The van der Waals surface area contributed by atoms with E-state index in [1.807, 2.05) is 12.3 Å². The number of carbonyl (C=O) groups is 2. The molecule has 6 heteroatoms. The van der Waals surface area contributed by atoms with Crippen LogP contribution in [0.25, 0.3) is 0 Å². The molecule has 2 aliphatic heterocycles. The van der Waals surface area contributed by atoms with Gasteiger partial charge < -0.3 is 15.2 Å². The number of nitrogen functional groups attached to an aromatic ring is 1. The standard InChI is InChI=1S/C38H46N2O4/c1-3-5-10-28-38-19-13-25(32(33(38)35(42)44-28)37(17-8-9-18-37)23-14-20-40-29(39)21-23)24-11-12-26-27(43-34(41)30(26)31(24)38)22-36(4-2)15-6-7-16-36/h10,14,20-22,24-25,31H,3-9,11-13,15-19H2,1-2H3,(H2,39,40)/b27-22?,28-10-/t24-,25-,31+,38-/m0/s1. The lowest BCUT2D eigenvalue weighted by atomic mass is 9.42. The number of nitrogens with zero attached hydrogens (tertiary/aromatic N) is 1.